The van der Waals surface area contributed by atoms with Gasteiger partial charge in [0.15, 0.2) is 0 Å². The summed E-state index contributed by atoms with van der Waals surface area (Å²) in [7, 11) is 0. The van der Waals surface area contributed by atoms with E-state index in [1.807, 2.05) is 4.68 Å². The van der Waals surface area contributed by atoms with Gasteiger partial charge in [-0.1, -0.05) is 39.3 Å². The van der Waals surface area contributed by atoms with E-state index < -0.39 is 0 Å². The van der Waals surface area contributed by atoms with Crippen LogP contribution < -0.4 is 11.3 Å². The normalized spacial score (nSPS) is 13.9. The molecular formula is C15H30ClN5. The van der Waals surface area contributed by atoms with Gasteiger partial charge < -0.3 is 0 Å². The first-order chi connectivity index (χ1) is 10.1. The van der Waals surface area contributed by atoms with Gasteiger partial charge in [-0.05, 0) is 32.9 Å². The van der Waals surface area contributed by atoms with E-state index in [1.54, 1.807) is 6.20 Å². The zero-order valence-electron chi connectivity index (χ0n) is 14.0. The van der Waals surface area contributed by atoms with Crippen LogP contribution in [0.1, 0.15) is 59.2 Å². The highest BCUT2D eigenvalue weighted by Gasteiger charge is 2.42. The number of nitrogens with one attached hydrogen (secondary N) is 1. The standard InChI is InChI=1S/C15H30ClN5/c1-6-15(7-2,20(8-3)9-4)14(19-17)13-12(16)11-18-21(13)10-5/h11,14,19H,6-10,17H2,1-5H3. The molecule has 0 aromatic carbocycles. The molecule has 0 saturated carbocycles. The van der Waals surface area contributed by atoms with Crippen LogP contribution in [-0.2, 0) is 6.54 Å². The molecule has 1 aromatic heterocycles. The average molecular weight is 316 g/mol. The minimum absolute atomic E-state index is 0.0534. The molecule has 122 valence electrons. The number of rotatable bonds is 9. The second-order valence-electron chi connectivity index (χ2n) is 5.28. The molecule has 6 heteroatoms. The highest BCUT2D eigenvalue weighted by molar-refractivity contribution is 6.31. The number of nitrogens with zero attached hydrogens (tertiary/aromatic N) is 3. The summed E-state index contributed by atoms with van der Waals surface area (Å²) in [6, 6.07) is -0.0534. The molecule has 0 aliphatic heterocycles. The van der Waals surface area contributed by atoms with Crippen LogP contribution >= 0.6 is 11.6 Å². The fourth-order valence-corrected chi connectivity index (χ4v) is 3.79. The Balaban J connectivity index is 3.40. The fourth-order valence-electron chi connectivity index (χ4n) is 3.54. The van der Waals surface area contributed by atoms with E-state index in [4.69, 9.17) is 17.4 Å². The number of hydrazine groups is 1. The highest BCUT2D eigenvalue weighted by atomic mass is 35.5. The van der Waals surface area contributed by atoms with Gasteiger partial charge in [0.05, 0.1) is 23.0 Å². The van der Waals surface area contributed by atoms with Crippen LogP contribution in [-0.4, -0.2) is 33.3 Å². The average Bonchev–Trinajstić information content (AvgIpc) is 2.88. The van der Waals surface area contributed by atoms with E-state index in [9.17, 15) is 0 Å². The van der Waals surface area contributed by atoms with Gasteiger partial charge in [-0.2, -0.15) is 5.10 Å². The number of aromatic nitrogens is 2. The molecule has 5 nitrogen and oxygen atoms in total. The third kappa shape index (κ3) is 3.26. The Kier molecular flexibility index (Phi) is 7.13. The molecule has 1 unspecified atom stereocenters. The maximum Gasteiger partial charge on any atom is 0.0835 e. The molecular weight excluding hydrogens is 286 g/mol. The van der Waals surface area contributed by atoms with Gasteiger partial charge in [-0.15, -0.1) is 0 Å². The topological polar surface area (TPSA) is 59.1 Å². The molecule has 0 bridgehead atoms. The summed E-state index contributed by atoms with van der Waals surface area (Å²) < 4.78 is 1.94. The van der Waals surface area contributed by atoms with Crippen LogP contribution in [0.2, 0.25) is 5.02 Å². The number of hydrogen-bond donors (Lipinski definition) is 2. The van der Waals surface area contributed by atoms with Crippen LogP contribution in [0.3, 0.4) is 0 Å². The fraction of sp³-hybridized carbons (Fsp3) is 0.800. The van der Waals surface area contributed by atoms with Crippen LogP contribution in [0, 0.1) is 0 Å². The summed E-state index contributed by atoms with van der Waals surface area (Å²) in [5.41, 5.74) is 3.93. The first-order valence-electron chi connectivity index (χ1n) is 7.98. The zero-order chi connectivity index (χ0) is 16.0. The highest BCUT2D eigenvalue weighted by Crippen LogP contribution is 2.39. The van der Waals surface area contributed by atoms with Gasteiger partial charge in [-0.25, -0.2) is 5.43 Å². The van der Waals surface area contributed by atoms with Crippen molar-refractivity contribution < 1.29 is 0 Å². The smallest absolute Gasteiger partial charge is 0.0835 e. The van der Waals surface area contributed by atoms with Crippen LogP contribution in [0.4, 0.5) is 0 Å². The lowest BCUT2D eigenvalue weighted by Crippen LogP contribution is -2.57. The molecule has 0 amide bonds. The molecule has 1 heterocycles. The van der Waals surface area contributed by atoms with Crippen LogP contribution in [0.5, 0.6) is 0 Å². The van der Waals surface area contributed by atoms with Gasteiger partial charge in [0.2, 0.25) is 0 Å². The van der Waals surface area contributed by atoms with Crippen molar-refractivity contribution >= 4 is 11.6 Å². The second kappa shape index (κ2) is 8.13. The quantitative estimate of drug-likeness (QED) is 0.543. The third-order valence-corrected chi connectivity index (χ3v) is 5.02. The summed E-state index contributed by atoms with van der Waals surface area (Å²) >= 11 is 6.41. The lowest BCUT2D eigenvalue weighted by molar-refractivity contribution is 0.0456. The lowest BCUT2D eigenvalue weighted by atomic mass is 9.81. The number of halogens is 1. The van der Waals surface area contributed by atoms with E-state index in [-0.39, 0.29) is 11.6 Å². The number of likely N-dealkylation sites (N-methyl/N-ethyl adjacent to an activating group) is 1. The molecule has 1 aromatic rings. The number of aryl methyl sites for hydroxylation is 1. The van der Waals surface area contributed by atoms with Crippen molar-refractivity contribution in [2.45, 2.75) is 65.6 Å². The molecule has 0 saturated heterocycles. The molecule has 1 rings (SSSR count). The maximum absolute atomic E-state index is 6.41. The molecule has 0 aliphatic rings. The van der Waals surface area contributed by atoms with E-state index in [0.717, 1.165) is 38.2 Å². The second-order valence-corrected chi connectivity index (χ2v) is 5.68. The van der Waals surface area contributed by atoms with Gasteiger partial charge >= 0.3 is 0 Å². The summed E-state index contributed by atoms with van der Waals surface area (Å²) in [5.74, 6) is 5.96. The third-order valence-electron chi connectivity index (χ3n) is 4.73. The summed E-state index contributed by atoms with van der Waals surface area (Å²) in [6.07, 6.45) is 3.69. The van der Waals surface area contributed by atoms with E-state index in [0.29, 0.717) is 5.02 Å². The zero-order valence-corrected chi connectivity index (χ0v) is 14.7. The van der Waals surface area contributed by atoms with Gasteiger partial charge in [0, 0.05) is 12.1 Å². The van der Waals surface area contributed by atoms with E-state index in [2.05, 4.69) is 50.0 Å². The summed E-state index contributed by atoms with van der Waals surface area (Å²) in [4.78, 5) is 2.47. The summed E-state index contributed by atoms with van der Waals surface area (Å²) in [5, 5.41) is 5.05. The van der Waals surface area contributed by atoms with Gasteiger partial charge in [0.1, 0.15) is 0 Å². The minimum Gasteiger partial charge on any atom is -0.296 e. The Morgan fingerprint density at radius 2 is 1.86 bits per heavy atom. The van der Waals surface area contributed by atoms with Crippen molar-refractivity contribution in [3.8, 4) is 0 Å². The SMILES string of the molecule is CCN(CC)C(CC)(CC)C(NN)c1c(Cl)cnn1CC. The van der Waals surface area contributed by atoms with Crippen molar-refractivity contribution in [1.29, 1.82) is 0 Å². The minimum atomic E-state index is -0.0746. The molecule has 0 fully saturated rings. The van der Waals surface area contributed by atoms with Crippen molar-refractivity contribution in [1.82, 2.24) is 20.1 Å². The molecule has 3 N–H and O–H groups in total. The van der Waals surface area contributed by atoms with Crippen molar-refractivity contribution in [3.63, 3.8) is 0 Å². The Hall–Kier alpha value is -0.620. The monoisotopic (exact) mass is 315 g/mol. The van der Waals surface area contributed by atoms with Crippen molar-refractivity contribution in [2.24, 2.45) is 5.84 Å². The number of nitrogens with two attached hydrogens (primary N) is 1. The van der Waals surface area contributed by atoms with Crippen molar-refractivity contribution in [3.05, 3.63) is 16.9 Å². The van der Waals surface area contributed by atoms with Crippen LogP contribution in [0.25, 0.3) is 0 Å². The molecule has 21 heavy (non-hydrogen) atoms. The van der Waals surface area contributed by atoms with Crippen LogP contribution in [0.15, 0.2) is 6.20 Å². The van der Waals surface area contributed by atoms with E-state index in [1.165, 1.54) is 0 Å². The maximum atomic E-state index is 6.41. The van der Waals surface area contributed by atoms with Gasteiger partial charge in [-0.3, -0.25) is 15.4 Å². The largest absolute Gasteiger partial charge is 0.296 e. The Labute approximate surface area is 133 Å². The Morgan fingerprint density at radius 1 is 1.29 bits per heavy atom. The molecule has 1 atom stereocenters. The Bertz CT molecular complexity index is 424. The molecule has 0 aliphatic carbocycles. The predicted octanol–water partition coefficient (Wildman–Crippen LogP) is 2.96. The first kappa shape index (κ1) is 18.4. The van der Waals surface area contributed by atoms with Gasteiger partial charge in [0.25, 0.3) is 0 Å². The van der Waals surface area contributed by atoms with Crippen molar-refractivity contribution in [2.75, 3.05) is 13.1 Å². The lowest BCUT2D eigenvalue weighted by Gasteiger charge is -2.47. The molecule has 0 radical (unpaired) electrons. The predicted molar refractivity (Wildman–Crippen MR) is 89.2 cm³/mol. The Morgan fingerprint density at radius 3 is 2.24 bits per heavy atom. The molecule has 0 spiro atoms. The first-order valence-corrected chi connectivity index (χ1v) is 8.36. The summed E-state index contributed by atoms with van der Waals surface area (Å²) in [6.45, 7) is 13.6. The van der Waals surface area contributed by atoms with E-state index >= 15 is 0 Å². The number of hydrogen-bond acceptors (Lipinski definition) is 4.